The van der Waals surface area contributed by atoms with Crippen LogP contribution in [-0.4, -0.2) is 10.2 Å². The Kier molecular flexibility index (Phi) is 2.86. The van der Waals surface area contributed by atoms with Gasteiger partial charge < -0.3 is 5.32 Å². The number of benzene rings is 1. The Bertz CT molecular complexity index is 445. The Morgan fingerprint density at radius 3 is 2.80 bits per heavy atom. The lowest BCUT2D eigenvalue weighted by Gasteiger charge is -2.02. The SMILES string of the molecule is Fc1ccc(CNc2nncs2)cc1F. The van der Waals surface area contributed by atoms with Gasteiger partial charge in [0.2, 0.25) is 5.13 Å². The van der Waals surface area contributed by atoms with Crippen molar-refractivity contribution in [3.8, 4) is 0 Å². The summed E-state index contributed by atoms with van der Waals surface area (Å²) in [6.45, 7) is 0.395. The van der Waals surface area contributed by atoms with Crippen LogP contribution in [-0.2, 0) is 6.54 Å². The number of halogens is 2. The van der Waals surface area contributed by atoms with E-state index in [1.165, 1.54) is 17.4 Å². The summed E-state index contributed by atoms with van der Waals surface area (Å²) in [7, 11) is 0. The molecule has 1 N–H and O–H groups in total. The summed E-state index contributed by atoms with van der Waals surface area (Å²) in [5, 5.41) is 11.0. The van der Waals surface area contributed by atoms with Crippen molar-refractivity contribution in [2.45, 2.75) is 6.54 Å². The highest BCUT2D eigenvalue weighted by Gasteiger charge is 2.02. The van der Waals surface area contributed by atoms with E-state index in [-0.39, 0.29) is 0 Å². The van der Waals surface area contributed by atoms with E-state index in [1.807, 2.05) is 0 Å². The van der Waals surface area contributed by atoms with Crippen molar-refractivity contribution in [2.75, 3.05) is 5.32 Å². The summed E-state index contributed by atoms with van der Waals surface area (Å²) in [6, 6.07) is 3.78. The first-order valence-electron chi connectivity index (χ1n) is 4.19. The van der Waals surface area contributed by atoms with E-state index >= 15 is 0 Å². The third-order valence-electron chi connectivity index (χ3n) is 1.79. The number of hydrogen-bond acceptors (Lipinski definition) is 4. The first-order valence-corrected chi connectivity index (χ1v) is 5.07. The fraction of sp³-hybridized carbons (Fsp3) is 0.111. The molecule has 0 amide bonds. The van der Waals surface area contributed by atoms with Gasteiger partial charge in [0.05, 0.1) is 0 Å². The Morgan fingerprint density at radius 1 is 1.27 bits per heavy atom. The molecule has 0 unspecified atom stereocenters. The van der Waals surface area contributed by atoms with Gasteiger partial charge in [0.1, 0.15) is 5.51 Å². The van der Waals surface area contributed by atoms with Crippen LogP contribution in [0.1, 0.15) is 5.56 Å². The number of aromatic nitrogens is 2. The molecule has 3 nitrogen and oxygen atoms in total. The average molecular weight is 227 g/mol. The van der Waals surface area contributed by atoms with Crippen LogP contribution in [0.3, 0.4) is 0 Å². The summed E-state index contributed by atoms with van der Waals surface area (Å²) < 4.78 is 25.4. The van der Waals surface area contributed by atoms with Crippen molar-refractivity contribution in [2.24, 2.45) is 0 Å². The maximum absolute atomic E-state index is 12.8. The van der Waals surface area contributed by atoms with Crippen molar-refractivity contribution in [1.82, 2.24) is 10.2 Å². The van der Waals surface area contributed by atoms with E-state index in [9.17, 15) is 8.78 Å². The first kappa shape index (κ1) is 9.97. The van der Waals surface area contributed by atoms with Crippen molar-refractivity contribution >= 4 is 16.5 Å². The molecule has 1 aromatic heterocycles. The van der Waals surface area contributed by atoms with E-state index in [1.54, 1.807) is 5.51 Å². The van der Waals surface area contributed by atoms with Crippen molar-refractivity contribution < 1.29 is 8.78 Å². The van der Waals surface area contributed by atoms with Gasteiger partial charge in [-0.05, 0) is 17.7 Å². The van der Waals surface area contributed by atoms with Crippen LogP contribution in [0.2, 0.25) is 0 Å². The summed E-state index contributed by atoms with van der Waals surface area (Å²) in [5.41, 5.74) is 2.25. The highest BCUT2D eigenvalue weighted by atomic mass is 32.1. The quantitative estimate of drug-likeness (QED) is 0.875. The summed E-state index contributed by atoms with van der Waals surface area (Å²) in [5.74, 6) is -1.68. The molecule has 2 aromatic rings. The number of rotatable bonds is 3. The van der Waals surface area contributed by atoms with Gasteiger partial charge >= 0.3 is 0 Å². The molecule has 0 saturated carbocycles. The van der Waals surface area contributed by atoms with Crippen molar-refractivity contribution in [3.63, 3.8) is 0 Å². The standard InChI is InChI=1S/C9H7F2N3S/c10-7-2-1-6(3-8(7)11)4-12-9-14-13-5-15-9/h1-3,5H,4H2,(H,12,14). The third kappa shape index (κ3) is 2.47. The second kappa shape index (κ2) is 4.31. The summed E-state index contributed by atoms with van der Waals surface area (Å²) in [6.07, 6.45) is 0. The van der Waals surface area contributed by atoms with Crippen LogP contribution in [0.5, 0.6) is 0 Å². The van der Waals surface area contributed by atoms with Crippen LogP contribution in [0, 0.1) is 11.6 Å². The maximum Gasteiger partial charge on any atom is 0.205 e. The fourth-order valence-electron chi connectivity index (χ4n) is 1.08. The first-order chi connectivity index (χ1) is 7.25. The van der Waals surface area contributed by atoms with Gasteiger partial charge in [-0.3, -0.25) is 0 Å². The molecule has 78 valence electrons. The molecule has 0 bridgehead atoms. The largest absolute Gasteiger partial charge is 0.356 e. The lowest BCUT2D eigenvalue weighted by atomic mass is 10.2. The van der Waals surface area contributed by atoms with E-state index in [4.69, 9.17) is 0 Å². The molecule has 1 aromatic carbocycles. The molecule has 0 fully saturated rings. The number of nitrogens with zero attached hydrogens (tertiary/aromatic N) is 2. The lowest BCUT2D eigenvalue weighted by Crippen LogP contribution is -2.00. The molecule has 6 heteroatoms. The molecule has 0 saturated heterocycles. The highest BCUT2D eigenvalue weighted by molar-refractivity contribution is 7.13. The number of nitrogens with one attached hydrogen (secondary N) is 1. The van der Waals surface area contributed by atoms with Crippen LogP contribution >= 0.6 is 11.3 Å². The van der Waals surface area contributed by atoms with E-state index < -0.39 is 11.6 Å². The number of anilines is 1. The zero-order valence-corrected chi connectivity index (χ0v) is 8.39. The van der Waals surface area contributed by atoms with E-state index in [0.29, 0.717) is 17.2 Å². The molecule has 0 spiro atoms. The summed E-state index contributed by atoms with van der Waals surface area (Å²) >= 11 is 1.35. The second-order valence-corrected chi connectivity index (χ2v) is 3.68. The van der Waals surface area contributed by atoms with Gasteiger partial charge in [-0.15, -0.1) is 10.2 Å². The van der Waals surface area contributed by atoms with Crippen LogP contribution in [0.25, 0.3) is 0 Å². The van der Waals surface area contributed by atoms with Gasteiger partial charge in [0.25, 0.3) is 0 Å². The molecule has 0 radical (unpaired) electrons. The maximum atomic E-state index is 12.8. The zero-order chi connectivity index (χ0) is 10.7. The molecule has 0 aliphatic rings. The topological polar surface area (TPSA) is 37.8 Å². The molecule has 0 aliphatic heterocycles. The van der Waals surface area contributed by atoms with E-state index in [0.717, 1.165) is 12.1 Å². The normalized spacial score (nSPS) is 10.3. The van der Waals surface area contributed by atoms with Crippen LogP contribution in [0.15, 0.2) is 23.7 Å². The molecule has 2 rings (SSSR count). The summed E-state index contributed by atoms with van der Waals surface area (Å²) in [4.78, 5) is 0. The minimum atomic E-state index is -0.841. The van der Waals surface area contributed by atoms with Crippen LogP contribution in [0.4, 0.5) is 13.9 Å². The Hall–Kier alpha value is -1.56. The molecular formula is C9H7F2N3S. The average Bonchev–Trinajstić information content (AvgIpc) is 2.73. The smallest absolute Gasteiger partial charge is 0.205 e. The van der Waals surface area contributed by atoms with Gasteiger partial charge in [0.15, 0.2) is 11.6 Å². The predicted molar refractivity (Wildman–Crippen MR) is 53.6 cm³/mol. The van der Waals surface area contributed by atoms with Gasteiger partial charge in [-0.25, -0.2) is 8.78 Å². The van der Waals surface area contributed by atoms with E-state index in [2.05, 4.69) is 15.5 Å². The molecule has 1 heterocycles. The molecule has 15 heavy (non-hydrogen) atoms. The Balaban J connectivity index is 2.02. The van der Waals surface area contributed by atoms with Crippen molar-refractivity contribution in [1.29, 1.82) is 0 Å². The monoisotopic (exact) mass is 227 g/mol. The fourth-order valence-corrected chi connectivity index (χ4v) is 1.52. The molecule has 0 aliphatic carbocycles. The second-order valence-electron chi connectivity index (χ2n) is 2.85. The molecule has 0 atom stereocenters. The van der Waals surface area contributed by atoms with Gasteiger partial charge in [-0.1, -0.05) is 17.4 Å². The Morgan fingerprint density at radius 2 is 2.13 bits per heavy atom. The highest BCUT2D eigenvalue weighted by Crippen LogP contribution is 2.12. The lowest BCUT2D eigenvalue weighted by molar-refractivity contribution is 0.507. The zero-order valence-electron chi connectivity index (χ0n) is 7.58. The minimum Gasteiger partial charge on any atom is -0.356 e. The van der Waals surface area contributed by atoms with Gasteiger partial charge in [-0.2, -0.15) is 0 Å². The molecular weight excluding hydrogens is 220 g/mol. The number of hydrogen-bond donors (Lipinski definition) is 1. The minimum absolute atomic E-state index is 0.395. The van der Waals surface area contributed by atoms with Crippen molar-refractivity contribution in [3.05, 3.63) is 40.9 Å². The van der Waals surface area contributed by atoms with Gasteiger partial charge in [0, 0.05) is 6.54 Å². The predicted octanol–water partition coefficient (Wildman–Crippen LogP) is 2.43. The van der Waals surface area contributed by atoms with Crippen LogP contribution < -0.4 is 5.32 Å². The Labute approximate surface area is 88.8 Å². The third-order valence-corrected chi connectivity index (χ3v) is 2.44.